The molecule has 1 fully saturated rings. The number of aromatic nitrogens is 2. The molecule has 2 aromatic carbocycles. The summed E-state index contributed by atoms with van der Waals surface area (Å²) in [6, 6.07) is 15.0. The Bertz CT molecular complexity index is 1050. The Morgan fingerprint density at radius 2 is 1.70 bits per heavy atom. The quantitative estimate of drug-likeness (QED) is 0.688. The average Bonchev–Trinajstić information content (AvgIpc) is 3.29. The summed E-state index contributed by atoms with van der Waals surface area (Å²) in [6.45, 7) is 2.08. The molecule has 1 aliphatic rings. The Kier molecular flexibility index (Phi) is 4.53. The summed E-state index contributed by atoms with van der Waals surface area (Å²) in [7, 11) is -3.98. The van der Waals surface area contributed by atoms with Crippen LogP contribution in [-0.2, 0) is 10.0 Å². The normalized spacial score (nSPS) is 20.8. The fourth-order valence-electron chi connectivity index (χ4n) is 3.51. The van der Waals surface area contributed by atoms with Gasteiger partial charge < -0.3 is 4.52 Å². The molecular weight excluding hydrogens is 369 g/mol. The Morgan fingerprint density at radius 3 is 2.37 bits per heavy atom. The smallest absolute Gasteiger partial charge is 0.246 e. The fourth-order valence-corrected chi connectivity index (χ4v) is 5.07. The Morgan fingerprint density at radius 1 is 1.04 bits per heavy atom. The van der Waals surface area contributed by atoms with Gasteiger partial charge >= 0.3 is 0 Å². The van der Waals surface area contributed by atoms with Gasteiger partial charge in [-0.3, -0.25) is 0 Å². The highest BCUT2D eigenvalue weighted by molar-refractivity contribution is 7.89. The van der Waals surface area contributed by atoms with Crippen molar-refractivity contribution in [3.8, 4) is 0 Å². The van der Waals surface area contributed by atoms with E-state index in [0.717, 1.165) is 11.6 Å². The van der Waals surface area contributed by atoms with Crippen molar-refractivity contribution in [2.75, 3.05) is 13.1 Å². The van der Waals surface area contributed by atoms with Crippen LogP contribution in [0, 0.1) is 12.7 Å². The van der Waals surface area contributed by atoms with Gasteiger partial charge in [0.15, 0.2) is 5.82 Å². The summed E-state index contributed by atoms with van der Waals surface area (Å²) in [5.74, 6) is -0.326. The third kappa shape index (κ3) is 3.26. The molecule has 1 aromatic heterocycles. The molecule has 0 bridgehead atoms. The van der Waals surface area contributed by atoms with Gasteiger partial charge in [0.1, 0.15) is 10.7 Å². The number of benzene rings is 2. The van der Waals surface area contributed by atoms with Crippen molar-refractivity contribution in [3.05, 3.63) is 77.7 Å². The topological polar surface area (TPSA) is 76.3 Å². The van der Waals surface area contributed by atoms with E-state index >= 15 is 0 Å². The maximum absolute atomic E-state index is 14.1. The van der Waals surface area contributed by atoms with E-state index in [1.165, 1.54) is 22.5 Å². The Balaban J connectivity index is 1.73. The zero-order valence-electron chi connectivity index (χ0n) is 14.6. The van der Waals surface area contributed by atoms with Gasteiger partial charge in [0.2, 0.25) is 15.9 Å². The molecule has 27 heavy (non-hydrogen) atoms. The summed E-state index contributed by atoms with van der Waals surface area (Å²) in [4.78, 5) is 3.98. The third-order valence-corrected chi connectivity index (χ3v) is 6.69. The van der Waals surface area contributed by atoms with Crippen LogP contribution in [0.15, 0.2) is 64.0 Å². The van der Waals surface area contributed by atoms with Crippen LogP contribution in [0.2, 0.25) is 0 Å². The first kappa shape index (κ1) is 17.8. The highest BCUT2D eigenvalue weighted by Gasteiger charge is 2.43. The molecule has 1 saturated heterocycles. The molecule has 0 saturated carbocycles. The second-order valence-electron chi connectivity index (χ2n) is 6.56. The van der Waals surface area contributed by atoms with Crippen molar-refractivity contribution < 1.29 is 17.3 Å². The summed E-state index contributed by atoms with van der Waals surface area (Å²) in [6.07, 6.45) is 0. The molecule has 0 radical (unpaired) electrons. The van der Waals surface area contributed by atoms with E-state index in [1.807, 2.05) is 30.3 Å². The van der Waals surface area contributed by atoms with Gasteiger partial charge in [-0.2, -0.15) is 9.29 Å². The maximum Gasteiger partial charge on any atom is 0.246 e. The number of sulfonamides is 1. The zero-order valence-corrected chi connectivity index (χ0v) is 15.4. The number of nitrogens with zero attached hydrogens (tertiary/aromatic N) is 3. The zero-order chi connectivity index (χ0) is 19.0. The largest absolute Gasteiger partial charge is 0.339 e. The molecule has 2 heterocycles. The molecule has 0 aliphatic carbocycles. The van der Waals surface area contributed by atoms with Gasteiger partial charge in [0.25, 0.3) is 0 Å². The number of rotatable bonds is 4. The Hall–Kier alpha value is -2.58. The number of hydrogen-bond donors (Lipinski definition) is 0. The average molecular weight is 387 g/mol. The highest BCUT2D eigenvalue weighted by atomic mass is 32.2. The summed E-state index contributed by atoms with van der Waals surface area (Å²) >= 11 is 0. The first-order chi connectivity index (χ1) is 13.0. The molecule has 6 nitrogen and oxygen atoms in total. The van der Waals surface area contributed by atoms with Crippen LogP contribution >= 0.6 is 0 Å². The molecule has 8 heteroatoms. The minimum atomic E-state index is -3.98. The molecular formula is C19H18FN3O3S. The lowest BCUT2D eigenvalue weighted by molar-refractivity contribution is 0.345. The van der Waals surface area contributed by atoms with Crippen molar-refractivity contribution >= 4 is 10.0 Å². The van der Waals surface area contributed by atoms with Gasteiger partial charge in [-0.15, -0.1) is 0 Å². The SMILES string of the molecule is Cc1noc([C@@H]2CN(S(=O)(=O)c3ccccc3F)C[C@H]2c2ccccc2)n1. The van der Waals surface area contributed by atoms with Gasteiger partial charge in [-0.05, 0) is 24.6 Å². The summed E-state index contributed by atoms with van der Waals surface area (Å²) < 4.78 is 46.8. The van der Waals surface area contributed by atoms with Gasteiger partial charge in [-0.1, -0.05) is 47.6 Å². The number of halogens is 1. The van der Waals surface area contributed by atoms with Gasteiger partial charge in [-0.25, -0.2) is 12.8 Å². The summed E-state index contributed by atoms with van der Waals surface area (Å²) in [5, 5.41) is 3.83. The molecule has 2 atom stereocenters. The van der Waals surface area contributed by atoms with Crippen molar-refractivity contribution in [2.45, 2.75) is 23.7 Å². The van der Waals surface area contributed by atoms with Crippen LogP contribution in [0.25, 0.3) is 0 Å². The summed E-state index contributed by atoms with van der Waals surface area (Å²) in [5.41, 5.74) is 0.976. The first-order valence-corrected chi connectivity index (χ1v) is 10.0. The van der Waals surface area contributed by atoms with Crippen LogP contribution in [-0.4, -0.2) is 36.0 Å². The van der Waals surface area contributed by atoms with Crippen molar-refractivity contribution in [1.82, 2.24) is 14.4 Å². The maximum atomic E-state index is 14.1. The van der Waals surface area contributed by atoms with Crippen LogP contribution in [0.4, 0.5) is 4.39 Å². The lowest BCUT2D eigenvalue weighted by Gasteiger charge is -2.17. The van der Waals surface area contributed by atoms with E-state index in [2.05, 4.69) is 10.1 Å². The van der Waals surface area contributed by atoms with Crippen molar-refractivity contribution in [3.63, 3.8) is 0 Å². The predicted molar refractivity (Wildman–Crippen MR) is 96.1 cm³/mol. The fraction of sp³-hybridized carbons (Fsp3) is 0.263. The number of aryl methyl sites for hydroxylation is 1. The number of hydrogen-bond acceptors (Lipinski definition) is 5. The van der Waals surface area contributed by atoms with E-state index in [-0.39, 0.29) is 29.8 Å². The first-order valence-electron chi connectivity index (χ1n) is 8.56. The molecule has 0 amide bonds. The van der Waals surface area contributed by atoms with E-state index < -0.39 is 15.8 Å². The molecule has 140 valence electrons. The molecule has 4 rings (SSSR count). The molecule has 0 N–H and O–H groups in total. The second-order valence-corrected chi connectivity index (χ2v) is 8.46. The van der Waals surface area contributed by atoms with E-state index in [0.29, 0.717) is 11.7 Å². The van der Waals surface area contributed by atoms with Crippen LogP contribution < -0.4 is 0 Å². The van der Waals surface area contributed by atoms with Gasteiger partial charge in [0.05, 0.1) is 5.92 Å². The minimum absolute atomic E-state index is 0.151. The standard InChI is InChI=1S/C19H18FN3O3S/c1-13-21-19(26-22-13)16-12-23(11-15(16)14-7-3-2-4-8-14)27(24,25)18-10-6-5-9-17(18)20/h2-10,15-16H,11-12H2,1H3/t15-,16+/m0/s1. The van der Waals surface area contributed by atoms with Crippen molar-refractivity contribution in [1.29, 1.82) is 0 Å². The monoisotopic (exact) mass is 387 g/mol. The highest BCUT2D eigenvalue weighted by Crippen LogP contribution is 2.41. The van der Waals surface area contributed by atoms with Crippen molar-refractivity contribution in [2.24, 2.45) is 0 Å². The minimum Gasteiger partial charge on any atom is -0.339 e. The van der Waals surface area contributed by atoms with E-state index in [4.69, 9.17) is 4.52 Å². The lowest BCUT2D eigenvalue weighted by atomic mass is 9.89. The van der Waals surface area contributed by atoms with Crippen LogP contribution in [0.1, 0.15) is 29.1 Å². The van der Waals surface area contributed by atoms with E-state index in [1.54, 1.807) is 6.92 Å². The van der Waals surface area contributed by atoms with Gasteiger partial charge in [0, 0.05) is 19.0 Å². The Labute approximate surface area is 156 Å². The predicted octanol–water partition coefficient (Wildman–Crippen LogP) is 3.09. The second kappa shape index (κ2) is 6.86. The molecule has 0 spiro atoms. The molecule has 0 unspecified atom stereocenters. The van der Waals surface area contributed by atoms with Crippen LogP contribution in [0.3, 0.4) is 0 Å². The van der Waals surface area contributed by atoms with E-state index in [9.17, 15) is 12.8 Å². The third-order valence-electron chi connectivity index (χ3n) is 4.83. The lowest BCUT2D eigenvalue weighted by Crippen LogP contribution is -2.29. The molecule has 1 aliphatic heterocycles. The van der Waals surface area contributed by atoms with Crippen LogP contribution in [0.5, 0.6) is 0 Å². The molecule has 3 aromatic rings.